The van der Waals surface area contributed by atoms with Gasteiger partial charge in [0.25, 0.3) is 10.0 Å². The highest BCUT2D eigenvalue weighted by molar-refractivity contribution is 7.92. The van der Waals surface area contributed by atoms with Crippen LogP contribution in [-0.4, -0.2) is 31.2 Å². The minimum atomic E-state index is -4.70. The number of hydrogen-bond donors (Lipinski definition) is 2. The third-order valence-corrected chi connectivity index (χ3v) is 5.54. The minimum Gasteiger partial charge on any atom is -0.495 e. The van der Waals surface area contributed by atoms with E-state index in [9.17, 15) is 26.4 Å². The summed E-state index contributed by atoms with van der Waals surface area (Å²) < 4.78 is 74.0. The molecule has 0 atom stereocenters. The van der Waals surface area contributed by atoms with Crippen molar-refractivity contribution in [2.24, 2.45) is 0 Å². The van der Waals surface area contributed by atoms with Crippen LogP contribution in [0.3, 0.4) is 0 Å². The number of carboxylic acid groups (broad SMARTS) is 1. The highest BCUT2D eigenvalue weighted by atomic mass is 32.2. The number of nitrogens with zero attached hydrogens (tertiary/aromatic N) is 1. The van der Waals surface area contributed by atoms with Gasteiger partial charge in [0.1, 0.15) is 10.6 Å². The van der Waals surface area contributed by atoms with Gasteiger partial charge in [0.2, 0.25) is 0 Å². The van der Waals surface area contributed by atoms with Crippen molar-refractivity contribution in [1.82, 2.24) is 4.57 Å². The van der Waals surface area contributed by atoms with E-state index in [4.69, 9.17) is 9.84 Å². The first-order chi connectivity index (χ1) is 14.0. The number of halogens is 3. The van der Waals surface area contributed by atoms with Crippen LogP contribution < -0.4 is 9.46 Å². The summed E-state index contributed by atoms with van der Waals surface area (Å²) in [7, 11) is -3.32. The van der Waals surface area contributed by atoms with Crippen molar-refractivity contribution < 1.29 is 36.2 Å². The summed E-state index contributed by atoms with van der Waals surface area (Å²) >= 11 is 0. The minimum absolute atomic E-state index is 0.143. The van der Waals surface area contributed by atoms with Crippen LogP contribution in [0.15, 0.2) is 65.8 Å². The van der Waals surface area contributed by atoms with Gasteiger partial charge in [-0.2, -0.15) is 13.2 Å². The van der Waals surface area contributed by atoms with Crippen LogP contribution in [0.4, 0.5) is 18.9 Å². The lowest BCUT2D eigenvalue weighted by molar-refractivity contribution is -0.137. The highest BCUT2D eigenvalue weighted by Crippen LogP contribution is 2.35. The molecule has 0 saturated carbocycles. The van der Waals surface area contributed by atoms with Gasteiger partial charge in [0, 0.05) is 12.4 Å². The van der Waals surface area contributed by atoms with Gasteiger partial charge in [-0.25, -0.2) is 13.2 Å². The lowest BCUT2D eigenvalue weighted by Gasteiger charge is -2.17. The van der Waals surface area contributed by atoms with Crippen molar-refractivity contribution in [2.75, 3.05) is 11.8 Å². The molecule has 0 unspecified atom stereocenters. The molecule has 30 heavy (non-hydrogen) atoms. The van der Waals surface area contributed by atoms with Gasteiger partial charge in [-0.05, 0) is 48.5 Å². The van der Waals surface area contributed by atoms with Crippen molar-refractivity contribution >= 4 is 21.7 Å². The summed E-state index contributed by atoms with van der Waals surface area (Å²) in [6.45, 7) is 0. The predicted octanol–water partition coefficient (Wildman–Crippen LogP) is 4.00. The SMILES string of the molecule is COc1ccc(C(=O)O)cc1S(=O)(=O)Nc1cc(C(F)(F)F)ccc1-n1cccc1. The second-order valence-electron chi connectivity index (χ2n) is 6.10. The summed E-state index contributed by atoms with van der Waals surface area (Å²) in [5.74, 6) is -1.54. The first kappa shape index (κ1) is 21.2. The lowest BCUT2D eigenvalue weighted by Crippen LogP contribution is -2.17. The largest absolute Gasteiger partial charge is 0.495 e. The van der Waals surface area contributed by atoms with Crippen molar-refractivity contribution in [3.63, 3.8) is 0 Å². The number of anilines is 1. The number of aromatic carboxylic acids is 1. The Balaban J connectivity index is 2.15. The number of rotatable bonds is 6. The summed E-state index contributed by atoms with van der Waals surface area (Å²) in [5, 5.41) is 9.14. The molecule has 3 aromatic rings. The third kappa shape index (κ3) is 4.25. The van der Waals surface area contributed by atoms with Gasteiger partial charge < -0.3 is 14.4 Å². The molecule has 158 valence electrons. The van der Waals surface area contributed by atoms with Crippen LogP contribution in [0.5, 0.6) is 5.75 Å². The highest BCUT2D eigenvalue weighted by Gasteiger charge is 2.32. The number of hydrogen-bond acceptors (Lipinski definition) is 4. The van der Waals surface area contributed by atoms with Gasteiger partial charge in [-0.15, -0.1) is 0 Å². The molecule has 0 aliphatic rings. The van der Waals surface area contributed by atoms with E-state index < -0.39 is 32.6 Å². The normalized spacial score (nSPS) is 11.9. The summed E-state index contributed by atoms with van der Waals surface area (Å²) in [5.41, 5.74) is -1.58. The number of alkyl halides is 3. The molecular weight excluding hydrogens is 425 g/mol. The lowest BCUT2D eigenvalue weighted by atomic mass is 10.1. The molecule has 0 fully saturated rings. The Kier molecular flexibility index (Phi) is 5.49. The number of aromatic nitrogens is 1. The van der Waals surface area contributed by atoms with E-state index in [0.717, 1.165) is 30.3 Å². The van der Waals surface area contributed by atoms with Crippen LogP contribution in [-0.2, 0) is 16.2 Å². The molecule has 0 spiro atoms. The predicted molar refractivity (Wildman–Crippen MR) is 102 cm³/mol. The van der Waals surface area contributed by atoms with Crippen LogP contribution in [0.2, 0.25) is 0 Å². The fraction of sp³-hybridized carbons (Fsp3) is 0.105. The molecule has 3 rings (SSSR count). The monoisotopic (exact) mass is 440 g/mol. The van der Waals surface area contributed by atoms with Gasteiger partial charge in [0.15, 0.2) is 0 Å². The molecule has 0 amide bonds. The average molecular weight is 440 g/mol. The molecule has 2 aromatic carbocycles. The average Bonchev–Trinajstić information content (AvgIpc) is 3.20. The Bertz CT molecular complexity index is 1190. The first-order valence-electron chi connectivity index (χ1n) is 8.31. The third-order valence-electron chi connectivity index (χ3n) is 4.15. The topological polar surface area (TPSA) is 97.6 Å². The molecule has 0 radical (unpaired) electrons. The maximum atomic E-state index is 13.2. The number of carbonyl (C=O) groups is 1. The Morgan fingerprint density at radius 2 is 1.77 bits per heavy atom. The van der Waals surface area contributed by atoms with Gasteiger partial charge >= 0.3 is 12.1 Å². The number of ether oxygens (including phenoxy) is 1. The van der Waals surface area contributed by atoms with E-state index in [0.29, 0.717) is 6.07 Å². The fourth-order valence-electron chi connectivity index (χ4n) is 2.73. The van der Waals surface area contributed by atoms with Crippen LogP contribution in [0, 0.1) is 0 Å². The zero-order valence-electron chi connectivity index (χ0n) is 15.3. The van der Waals surface area contributed by atoms with Crippen molar-refractivity contribution in [1.29, 1.82) is 0 Å². The molecule has 0 saturated heterocycles. The molecular formula is C19H15F3N2O5S. The van der Waals surface area contributed by atoms with E-state index >= 15 is 0 Å². The second-order valence-corrected chi connectivity index (χ2v) is 7.75. The van der Waals surface area contributed by atoms with Crippen LogP contribution in [0.25, 0.3) is 5.69 Å². The molecule has 1 aromatic heterocycles. The van der Waals surface area contributed by atoms with Crippen molar-refractivity contribution in [2.45, 2.75) is 11.1 Å². The number of benzene rings is 2. The van der Waals surface area contributed by atoms with Crippen molar-refractivity contribution in [3.8, 4) is 11.4 Å². The van der Waals surface area contributed by atoms with E-state index in [1.807, 2.05) is 0 Å². The van der Waals surface area contributed by atoms with Crippen molar-refractivity contribution in [3.05, 3.63) is 72.1 Å². The quantitative estimate of drug-likeness (QED) is 0.604. The maximum Gasteiger partial charge on any atom is 0.416 e. The summed E-state index contributed by atoms with van der Waals surface area (Å²) in [6, 6.07) is 9.04. The summed E-state index contributed by atoms with van der Waals surface area (Å²) in [6.07, 6.45) is -1.63. The molecule has 7 nitrogen and oxygen atoms in total. The smallest absolute Gasteiger partial charge is 0.416 e. The molecule has 11 heteroatoms. The second kappa shape index (κ2) is 7.75. The maximum absolute atomic E-state index is 13.2. The Hall–Kier alpha value is -3.47. The first-order valence-corrected chi connectivity index (χ1v) is 9.80. The van der Waals surface area contributed by atoms with Gasteiger partial charge in [0.05, 0.1) is 29.6 Å². The molecule has 2 N–H and O–H groups in total. The standard InChI is InChI=1S/C19H15F3N2O5S/c1-29-16-7-4-12(18(25)26)10-17(16)30(27,28)23-14-11-13(19(20,21)22)5-6-15(14)24-8-2-3-9-24/h2-11,23H,1H3,(H,25,26). The zero-order chi connectivity index (χ0) is 22.1. The van der Waals surface area contributed by atoms with E-state index in [2.05, 4.69) is 4.72 Å². The van der Waals surface area contributed by atoms with Crippen LogP contribution in [0.1, 0.15) is 15.9 Å². The zero-order valence-corrected chi connectivity index (χ0v) is 16.2. The van der Waals surface area contributed by atoms with Gasteiger partial charge in [-0.3, -0.25) is 4.72 Å². The Labute approximate surface area is 169 Å². The number of methoxy groups -OCH3 is 1. The van der Waals surface area contributed by atoms with E-state index in [1.165, 1.54) is 24.1 Å². The number of carboxylic acids is 1. The van der Waals surface area contributed by atoms with Gasteiger partial charge in [-0.1, -0.05) is 0 Å². The van der Waals surface area contributed by atoms with E-state index in [1.54, 1.807) is 12.1 Å². The molecule has 0 aliphatic heterocycles. The Morgan fingerprint density at radius 1 is 1.10 bits per heavy atom. The summed E-state index contributed by atoms with van der Waals surface area (Å²) in [4.78, 5) is 10.7. The molecule has 0 aliphatic carbocycles. The van der Waals surface area contributed by atoms with E-state index in [-0.39, 0.29) is 22.7 Å². The molecule has 1 heterocycles. The number of nitrogens with one attached hydrogen (secondary N) is 1. The fourth-order valence-corrected chi connectivity index (χ4v) is 4.00. The number of sulfonamides is 1. The Morgan fingerprint density at radius 3 is 2.33 bits per heavy atom. The van der Waals surface area contributed by atoms with Crippen LogP contribution >= 0.6 is 0 Å². The molecule has 0 bridgehead atoms.